The molecule has 2 heterocycles. The van der Waals surface area contributed by atoms with Crippen molar-refractivity contribution in [1.82, 2.24) is 4.98 Å². The van der Waals surface area contributed by atoms with Crippen molar-refractivity contribution < 1.29 is 17.6 Å². The minimum Gasteiger partial charge on any atom is -0.403 e. The Morgan fingerprint density at radius 3 is 2.48 bits per heavy atom. The van der Waals surface area contributed by atoms with Gasteiger partial charge >= 0.3 is 11.8 Å². The molecule has 3 rings (SSSR count). The van der Waals surface area contributed by atoms with E-state index in [0.717, 1.165) is 12.1 Å². The molecule has 0 amide bonds. The Kier molecular flexibility index (Phi) is 2.98. The minimum atomic E-state index is -4.42. The van der Waals surface area contributed by atoms with Crippen molar-refractivity contribution in [3.63, 3.8) is 0 Å². The summed E-state index contributed by atoms with van der Waals surface area (Å²) in [7, 11) is 0. The second kappa shape index (κ2) is 4.59. The first-order valence-corrected chi connectivity index (χ1v) is 6.59. The molecular weight excluding hydrogens is 305 g/mol. The highest BCUT2D eigenvalue weighted by Crippen LogP contribution is 2.31. The lowest BCUT2D eigenvalue weighted by Crippen LogP contribution is -2.05. The number of aromatic nitrogens is 1. The molecule has 8 heteroatoms. The molecule has 3 aromatic rings. The second-order valence-electron chi connectivity index (χ2n) is 4.25. The molecular formula is C13H7F3N2O2S. The van der Waals surface area contributed by atoms with Crippen LogP contribution in [0, 0.1) is 0 Å². The minimum absolute atomic E-state index is 0.0388. The first-order valence-electron chi connectivity index (χ1n) is 5.72. The van der Waals surface area contributed by atoms with Crippen LogP contribution in [0.4, 0.5) is 18.9 Å². The first kappa shape index (κ1) is 13.6. The van der Waals surface area contributed by atoms with Crippen LogP contribution < -0.4 is 11.4 Å². The molecule has 0 radical (unpaired) electrons. The van der Waals surface area contributed by atoms with E-state index in [0.29, 0.717) is 4.83 Å². The van der Waals surface area contributed by atoms with Gasteiger partial charge in [0, 0.05) is 10.9 Å². The zero-order valence-electron chi connectivity index (χ0n) is 10.3. The average molecular weight is 312 g/mol. The summed E-state index contributed by atoms with van der Waals surface area (Å²) in [4.78, 5) is 16.3. The van der Waals surface area contributed by atoms with Crippen molar-refractivity contribution in [1.29, 1.82) is 0 Å². The van der Waals surface area contributed by atoms with Gasteiger partial charge in [-0.3, -0.25) is 0 Å². The van der Waals surface area contributed by atoms with Gasteiger partial charge in [-0.2, -0.15) is 13.2 Å². The number of benzene rings is 1. The fourth-order valence-corrected chi connectivity index (χ4v) is 2.64. The lowest BCUT2D eigenvalue weighted by atomic mass is 10.1. The van der Waals surface area contributed by atoms with Gasteiger partial charge in [-0.05, 0) is 24.3 Å². The van der Waals surface area contributed by atoms with Crippen LogP contribution in [-0.4, -0.2) is 4.98 Å². The third-order valence-corrected chi connectivity index (χ3v) is 3.75. The topological polar surface area (TPSA) is 69.1 Å². The number of nitrogens with two attached hydrogens (primary N) is 1. The summed E-state index contributed by atoms with van der Waals surface area (Å²) in [6.45, 7) is 0. The number of rotatable bonds is 1. The Bertz CT molecular complexity index is 866. The summed E-state index contributed by atoms with van der Waals surface area (Å²) < 4.78 is 42.5. The molecule has 0 atom stereocenters. The highest BCUT2D eigenvalue weighted by atomic mass is 32.1. The predicted octanol–water partition coefficient (Wildman–Crippen LogP) is 3.52. The van der Waals surface area contributed by atoms with Gasteiger partial charge in [0.1, 0.15) is 10.2 Å². The van der Waals surface area contributed by atoms with Crippen LogP contribution in [0.1, 0.15) is 5.56 Å². The smallest absolute Gasteiger partial charge is 0.403 e. The molecule has 0 bridgehead atoms. The van der Waals surface area contributed by atoms with E-state index in [2.05, 4.69) is 4.98 Å². The number of nitrogen functional groups attached to an aromatic ring is 1. The van der Waals surface area contributed by atoms with Crippen molar-refractivity contribution in [2.75, 3.05) is 5.73 Å². The van der Waals surface area contributed by atoms with Crippen LogP contribution in [0.3, 0.4) is 0 Å². The van der Waals surface area contributed by atoms with E-state index >= 15 is 0 Å². The molecule has 0 spiro atoms. The third kappa shape index (κ3) is 2.38. The molecule has 2 N–H and O–H groups in total. The van der Waals surface area contributed by atoms with E-state index in [1.54, 1.807) is 5.38 Å². The van der Waals surface area contributed by atoms with Gasteiger partial charge in [-0.25, -0.2) is 9.78 Å². The summed E-state index contributed by atoms with van der Waals surface area (Å²) >= 11 is 1.17. The van der Waals surface area contributed by atoms with Crippen molar-refractivity contribution in [3.8, 4) is 11.5 Å². The van der Waals surface area contributed by atoms with E-state index < -0.39 is 17.4 Å². The van der Waals surface area contributed by atoms with E-state index in [1.165, 1.54) is 23.5 Å². The van der Waals surface area contributed by atoms with E-state index in [4.69, 9.17) is 10.2 Å². The maximum Gasteiger partial charge on any atom is 0.416 e. The quantitative estimate of drug-likeness (QED) is 0.746. The summed E-state index contributed by atoms with van der Waals surface area (Å²) in [5, 5.41) is 1.75. The largest absolute Gasteiger partial charge is 0.416 e. The number of thiophene rings is 1. The Labute approximate surface area is 119 Å². The number of hydrogen-bond acceptors (Lipinski definition) is 5. The molecule has 0 saturated heterocycles. The summed E-state index contributed by atoms with van der Waals surface area (Å²) in [6, 6.07) is 4.22. The third-order valence-electron chi connectivity index (χ3n) is 2.86. The number of alkyl halides is 3. The fourth-order valence-electron chi connectivity index (χ4n) is 1.83. The maximum atomic E-state index is 12.5. The SMILES string of the molecule is Nc1csc2nc(-c3ccc(C(F)(F)F)cc3)oc(=O)c12. The number of halogens is 3. The lowest BCUT2D eigenvalue weighted by molar-refractivity contribution is -0.137. The highest BCUT2D eigenvalue weighted by molar-refractivity contribution is 7.17. The number of fused-ring (bicyclic) bond motifs is 1. The normalized spacial score (nSPS) is 12.0. The van der Waals surface area contributed by atoms with Crippen molar-refractivity contribution in [2.24, 2.45) is 0 Å². The van der Waals surface area contributed by atoms with Gasteiger partial charge in [-0.1, -0.05) is 0 Å². The molecule has 0 fully saturated rings. The lowest BCUT2D eigenvalue weighted by Gasteiger charge is -2.06. The number of anilines is 1. The highest BCUT2D eigenvalue weighted by Gasteiger charge is 2.30. The molecule has 4 nitrogen and oxygen atoms in total. The van der Waals surface area contributed by atoms with Crippen LogP contribution in [0.2, 0.25) is 0 Å². The molecule has 21 heavy (non-hydrogen) atoms. The Morgan fingerprint density at radius 2 is 1.86 bits per heavy atom. The van der Waals surface area contributed by atoms with Gasteiger partial charge in [0.25, 0.3) is 0 Å². The van der Waals surface area contributed by atoms with E-state index in [9.17, 15) is 18.0 Å². The molecule has 108 valence electrons. The summed E-state index contributed by atoms with van der Waals surface area (Å²) in [5.41, 5.74) is 4.74. The van der Waals surface area contributed by atoms with Crippen LogP contribution >= 0.6 is 11.3 Å². The zero-order valence-corrected chi connectivity index (χ0v) is 11.1. The molecule has 1 aromatic carbocycles. The predicted molar refractivity (Wildman–Crippen MR) is 73.0 cm³/mol. The first-order chi connectivity index (χ1) is 9.86. The Hall–Kier alpha value is -2.35. The van der Waals surface area contributed by atoms with Crippen LogP contribution in [0.5, 0.6) is 0 Å². The number of hydrogen-bond donors (Lipinski definition) is 1. The molecule has 0 aliphatic rings. The van der Waals surface area contributed by atoms with Gasteiger partial charge in [0.15, 0.2) is 0 Å². The van der Waals surface area contributed by atoms with Gasteiger partial charge in [0.2, 0.25) is 5.89 Å². The molecule has 2 aromatic heterocycles. The zero-order chi connectivity index (χ0) is 15.2. The monoisotopic (exact) mass is 312 g/mol. The average Bonchev–Trinajstić information content (AvgIpc) is 2.80. The molecule has 0 aliphatic carbocycles. The van der Waals surface area contributed by atoms with Gasteiger partial charge in [-0.15, -0.1) is 11.3 Å². The molecule has 0 unspecified atom stereocenters. The summed E-state index contributed by atoms with van der Waals surface area (Å²) in [6.07, 6.45) is -4.42. The Morgan fingerprint density at radius 1 is 1.19 bits per heavy atom. The molecule has 0 aliphatic heterocycles. The Balaban J connectivity index is 2.10. The van der Waals surface area contributed by atoms with Crippen molar-refractivity contribution in [3.05, 3.63) is 45.6 Å². The molecule has 0 saturated carbocycles. The maximum absolute atomic E-state index is 12.5. The standard InChI is InChI=1S/C13H7F3N2O2S/c14-13(15,16)7-3-1-6(2-4-7)10-18-11-9(12(19)20-10)8(17)5-21-11/h1-5H,17H2. The van der Waals surface area contributed by atoms with Gasteiger partial charge in [0.05, 0.1) is 11.3 Å². The van der Waals surface area contributed by atoms with Gasteiger partial charge < -0.3 is 10.2 Å². The van der Waals surface area contributed by atoms with Crippen LogP contribution in [-0.2, 0) is 6.18 Å². The summed E-state index contributed by atoms with van der Waals surface area (Å²) in [5.74, 6) is -0.0388. The van der Waals surface area contributed by atoms with Crippen molar-refractivity contribution >= 4 is 27.2 Å². The van der Waals surface area contributed by atoms with Crippen LogP contribution in [0.25, 0.3) is 21.7 Å². The fraction of sp³-hybridized carbons (Fsp3) is 0.0769. The second-order valence-corrected chi connectivity index (χ2v) is 5.11. The van der Waals surface area contributed by atoms with E-state index in [-0.39, 0.29) is 22.5 Å². The van der Waals surface area contributed by atoms with Crippen molar-refractivity contribution in [2.45, 2.75) is 6.18 Å². The van der Waals surface area contributed by atoms with Crippen LogP contribution in [0.15, 0.2) is 38.9 Å². The number of nitrogens with zero attached hydrogens (tertiary/aromatic N) is 1. The van der Waals surface area contributed by atoms with E-state index in [1.807, 2.05) is 0 Å².